The number of carbonyl (C=O) groups is 1. The second kappa shape index (κ2) is 9.28. The average molecular weight is 378 g/mol. The molecule has 0 spiro atoms. The van der Waals surface area contributed by atoms with Crippen LogP contribution in [0.5, 0.6) is 5.75 Å². The van der Waals surface area contributed by atoms with Crippen molar-refractivity contribution in [3.05, 3.63) is 83.9 Å². The molecule has 0 fully saturated rings. The second-order valence-electron chi connectivity index (χ2n) is 6.27. The minimum Gasteiger partial charge on any atom is -0.496 e. The maximum absolute atomic E-state index is 12.4. The molecule has 0 radical (unpaired) electrons. The van der Waals surface area contributed by atoms with Crippen molar-refractivity contribution >= 4 is 23.4 Å². The highest BCUT2D eigenvalue weighted by molar-refractivity contribution is 7.99. The number of aryl methyl sites for hydroxylation is 1. The molecule has 1 amide bonds. The van der Waals surface area contributed by atoms with Gasteiger partial charge in [-0.2, -0.15) is 0 Å². The monoisotopic (exact) mass is 377 g/mol. The molecule has 0 heterocycles. The van der Waals surface area contributed by atoms with E-state index in [0.717, 1.165) is 33.9 Å². The van der Waals surface area contributed by atoms with Crippen LogP contribution in [0, 0.1) is 6.92 Å². The topological polar surface area (TPSA) is 38.3 Å². The first-order valence-corrected chi connectivity index (χ1v) is 9.98. The van der Waals surface area contributed by atoms with E-state index in [-0.39, 0.29) is 5.91 Å². The molecule has 138 valence electrons. The zero-order valence-electron chi connectivity index (χ0n) is 15.6. The third-order valence-electron chi connectivity index (χ3n) is 4.21. The zero-order valence-corrected chi connectivity index (χ0v) is 16.4. The lowest BCUT2D eigenvalue weighted by Gasteiger charge is -2.12. The second-order valence-corrected chi connectivity index (χ2v) is 7.25. The highest BCUT2D eigenvalue weighted by Crippen LogP contribution is 2.28. The lowest BCUT2D eigenvalue weighted by molar-refractivity contribution is -0.113. The number of carbonyl (C=O) groups excluding carboxylic acids is 1. The molecule has 3 nitrogen and oxygen atoms in total. The van der Waals surface area contributed by atoms with Gasteiger partial charge in [0.1, 0.15) is 5.75 Å². The van der Waals surface area contributed by atoms with E-state index < -0.39 is 0 Å². The van der Waals surface area contributed by atoms with E-state index in [4.69, 9.17) is 4.74 Å². The summed E-state index contributed by atoms with van der Waals surface area (Å²) in [5, 5.41) is 3.04. The number of ether oxygens (including phenoxy) is 1. The van der Waals surface area contributed by atoms with E-state index in [1.165, 1.54) is 5.56 Å². The van der Waals surface area contributed by atoms with Crippen LogP contribution < -0.4 is 10.1 Å². The first-order chi connectivity index (χ1) is 13.2. The molecule has 0 saturated carbocycles. The summed E-state index contributed by atoms with van der Waals surface area (Å²) < 4.78 is 5.40. The van der Waals surface area contributed by atoms with Crippen molar-refractivity contribution in [1.29, 1.82) is 0 Å². The number of thioether (sulfide) groups is 1. The first-order valence-electron chi connectivity index (χ1n) is 8.83. The van der Waals surface area contributed by atoms with Gasteiger partial charge in [-0.25, -0.2) is 0 Å². The molecule has 0 aliphatic carbocycles. The summed E-state index contributed by atoms with van der Waals surface area (Å²) in [5.41, 5.74) is 5.25. The summed E-state index contributed by atoms with van der Waals surface area (Å²) in [6.07, 6.45) is 0. The Hall–Kier alpha value is -2.72. The van der Waals surface area contributed by atoms with E-state index in [2.05, 4.69) is 18.3 Å². The minimum atomic E-state index is -0.00463. The summed E-state index contributed by atoms with van der Waals surface area (Å²) in [6, 6.07) is 24.1. The molecule has 0 bridgehead atoms. The van der Waals surface area contributed by atoms with Crippen molar-refractivity contribution < 1.29 is 9.53 Å². The molecule has 3 aromatic carbocycles. The maximum Gasteiger partial charge on any atom is 0.234 e. The Bertz CT molecular complexity index is 909. The molecular weight excluding hydrogens is 354 g/mol. The molecule has 0 aromatic heterocycles. The van der Waals surface area contributed by atoms with Gasteiger partial charge in [0.2, 0.25) is 5.91 Å². The zero-order chi connectivity index (χ0) is 19.1. The van der Waals surface area contributed by atoms with Gasteiger partial charge in [0, 0.05) is 22.6 Å². The summed E-state index contributed by atoms with van der Waals surface area (Å²) in [4.78, 5) is 12.4. The molecule has 0 unspecified atom stereocenters. The summed E-state index contributed by atoms with van der Waals surface area (Å²) in [7, 11) is 1.67. The van der Waals surface area contributed by atoms with Gasteiger partial charge in [0.15, 0.2) is 0 Å². The first kappa shape index (κ1) is 19.1. The largest absolute Gasteiger partial charge is 0.496 e. The molecule has 4 heteroatoms. The van der Waals surface area contributed by atoms with Gasteiger partial charge in [-0.1, -0.05) is 66.2 Å². The van der Waals surface area contributed by atoms with Crippen LogP contribution in [0.3, 0.4) is 0 Å². The van der Waals surface area contributed by atoms with Crippen molar-refractivity contribution in [2.75, 3.05) is 18.2 Å². The predicted octanol–water partition coefficient (Wildman–Crippen LogP) is 5.54. The predicted molar refractivity (Wildman–Crippen MR) is 114 cm³/mol. The third-order valence-corrected chi connectivity index (χ3v) is 5.19. The molecule has 0 atom stereocenters. The lowest BCUT2D eigenvalue weighted by atomic mass is 10.0. The SMILES string of the molecule is COc1ccc(C)cc1CSCC(=O)Nc1ccccc1-c1ccccc1. The normalized spacial score (nSPS) is 10.4. The van der Waals surface area contributed by atoms with Gasteiger partial charge in [-0.15, -0.1) is 11.8 Å². The Morgan fingerprint density at radius 2 is 1.74 bits per heavy atom. The molecule has 3 aromatic rings. The Morgan fingerprint density at radius 1 is 1.00 bits per heavy atom. The van der Waals surface area contributed by atoms with E-state index in [1.54, 1.807) is 18.9 Å². The lowest BCUT2D eigenvalue weighted by Crippen LogP contribution is -2.14. The Kier molecular flexibility index (Phi) is 6.55. The van der Waals surface area contributed by atoms with Crippen LogP contribution in [0.25, 0.3) is 11.1 Å². The van der Waals surface area contributed by atoms with Crippen LogP contribution in [0.15, 0.2) is 72.8 Å². The van der Waals surface area contributed by atoms with Gasteiger partial charge in [0.25, 0.3) is 0 Å². The number of amides is 1. The molecule has 0 aliphatic rings. The van der Waals surface area contributed by atoms with Gasteiger partial charge in [-0.05, 0) is 24.6 Å². The van der Waals surface area contributed by atoms with E-state index in [0.29, 0.717) is 5.75 Å². The van der Waals surface area contributed by atoms with Crippen LogP contribution in [0.1, 0.15) is 11.1 Å². The van der Waals surface area contributed by atoms with Crippen LogP contribution in [-0.2, 0) is 10.5 Å². The Labute approximate surface area is 164 Å². The molecule has 27 heavy (non-hydrogen) atoms. The van der Waals surface area contributed by atoms with Crippen LogP contribution in [-0.4, -0.2) is 18.8 Å². The molecule has 0 aliphatic heterocycles. The number of anilines is 1. The number of methoxy groups -OCH3 is 1. The van der Waals surface area contributed by atoms with E-state index in [1.807, 2.05) is 66.7 Å². The fraction of sp³-hybridized carbons (Fsp3) is 0.174. The van der Waals surface area contributed by atoms with E-state index >= 15 is 0 Å². The van der Waals surface area contributed by atoms with Crippen molar-refractivity contribution in [2.24, 2.45) is 0 Å². The van der Waals surface area contributed by atoms with Crippen LogP contribution >= 0.6 is 11.8 Å². The quantitative estimate of drug-likeness (QED) is 0.587. The number of hydrogen-bond acceptors (Lipinski definition) is 3. The maximum atomic E-state index is 12.4. The Morgan fingerprint density at radius 3 is 2.52 bits per heavy atom. The van der Waals surface area contributed by atoms with Gasteiger partial charge in [0.05, 0.1) is 12.9 Å². The number of nitrogens with one attached hydrogen (secondary N) is 1. The summed E-state index contributed by atoms with van der Waals surface area (Å²) >= 11 is 1.58. The third kappa shape index (κ3) is 5.14. The van der Waals surface area contributed by atoms with Crippen molar-refractivity contribution in [3.63, 3.8) is 0 Å². The van der Waals surface area contributed by atoms with E-state index in [9.17, 15) is 4.79 Å². The highest BCUT2D eigenvalue weighted by Gasteiger charge is 2.09. The Balaban J connectivity index is 1.62. The highest BCUT2D eigenvalue weighted by atomic mass is 32.2. The molecule has 3 rings (SSSR count). The smallest absolute Gasteiger partial charge is 0.234 e. The molecule has 0 saturated heterocycles. The fourth-order valence-corrected chi connectivity index (χ4v) is 3.73. The minimum absolute atomic E-state index is 0.00463. The van der Waals surface area contributed by atoms with Crippen LogP contribution in [0.4, 0.5) is 5.69 Å². The number of benzene rings is 3. The average Bonchev–Trinajstić information content (AvgIpc) is 2.69. The number of para-hydroxylation sites is 1. The van der Waals surface area contributed by atoms with Crippen LogP contribution in [0.2, 0.25) is 0 Å². The van der Waals surface area contributed by atoms with Gasteiger partial charge >= 0.3 is 0 Å². The molecular formula is C23H23NO2S. The standard InChI is InChI=1S/C23H23NO2S/c1-17-12-13-22(26-2)19(14-17)15-27-16-23(25)24-21-11-7-6-10-20(21)18-8-4-3-5-9-18/h3-14H,15-16H2,1-2H3,(H,24,25). The fourth-order valence-electron chi connectivity index (χ4n) is 2.92. The van der Waals surface area contributed by atoms with Gasteiger partial charge < -0.3 is 10.1 Å². The van der Waals surface area contributed by atoms with Crippen molar-refractivity contribution in [1.82, 2.24) is 0 Å². The van der Waals surface area contributed by atoms with Crippen molar-refractivity contribution in [3.8, 4) is 16.9 Å². The molecule has 1 N–H and O–H groups in total. The number of rotatable bonds is 7. The number of hydrogen-bond donors (Lipinski definition) is 1. The summed E-state index contributed by atoms with van der Waals surface area (Å²) in [5.74, 6) is 1.98. The summed E-state index contributed by atoms with van der Waals surface area (Å²) in [6.45, 7) is 2.06. The van der Waals surface area contributed by atoms with Gasteiger partial charge in [-0.3, -0.25) is 4.79 Å². The van der Waals surface area contributed by atoms with Crippen molar-refractivity contribution in [2.45, 2.75) is 12.7 Å².